The van der Waals surface area contributed by atoms with Crippen molar-refractivity contribution in [1.29, 1.82) is 0 Å². The minimum Gasteiger partial charge on any atom is -0.379 e. The Labute approximate surface area is 107 Å². The van der Waals surface area contributed by atoms with Crippen LogP contribution in [0.5, 0.6) is 0 Å². The third-order valence-corrected chi connectivity index (χ3v) is 3.34. The van der Waals surface area contributed by atoms with Gasteiger partial charge in [-0.15, -0.1) is 0 Å². The van der Waals surface area contributed by atoms with Gasteiger partial charge in [0.1, 0.15) is 16.8 Å². The molecular weight excluding hydrogens is 238 g/mol. The lowest BCUT2D eigenvalue weighted by Gasteiger charge is -2.20. The molecule has 17 heavy (non-hydrogen) atoms. The molecule has 0 aliphatic heterocycles. The molecule has 0 spiro atoms. The molecule has 94 valence electrons. The van der Waals surface area contributed by atoms with E-state index in [-0.39, 0.29) is 6.10 Å². The van der Waals surface area contributed by atoms with Gasteiger partial charge in [0.05, 0.1) is 12.1 Å². The van der Waals surface area contributed by atoms with Crippen molar-refractivity contribution < 1.29 is 4.74 Å². The van der Waals surface area contributed by atoms with Crippen molar-refractivity contribution in [3.05, 3.63) is 17.0 Å². The molecule has 1 heterocycles. The average Bonchev–Trinajstić information content (AvgIpc) is 2.75. The molecule has 2 atom stereocenters. The number of hydrogen-bond donors (Lipinski definition) is 1. The van der Waals surface area contributed by atoms with E-state index in [0.29, 0.717) is 11.2 Å². The Hall–Kier alpha value is -0.870. The van der Waals surface area contributed by atoms with E-state index in [2.05, 4.69) is 15.3 Å². The Morgan fingerprint density at radius 2 is 2.29 bits per heavy atom. The average molecular weight is 256 g/mol. The van der Waals surface area contributed by atoms with E-state index < -0.39 is 0 Å². The van der Waals surface area contributed by atoms with E-state index in [4.69, 9.17) is 16.3 Å². The van der Waals surface area contributed by atoms with Crippen LogP contribution in [0.1, 0.15) is 32.0 Å². The van der Waals surface area contributed by atoms with Crippen LogP contribution in [0.15, 0.2) is 6.07 Å². The van der Waals surface area contributed by atoms with Crippen molar-refractivity contribution in [1.82, 2.24) is 9.97 Å². The summed E-state index contributed by atoms with van der Waals surface area (Å²) in [5.74, 6) is 1.57. The lowest BCUT2D eigenvalue weighted by molar-refractivity contribution is 0.101. The van der Waals surface area contributed by atoms with E-state index in [0.717, 1.165) is 30.9 Å². The Bertz CT molecular complexity index is 386. The molecule has 1 aromatic heterocycles. The number of nitrogens with one attached hydrogen (secondary N) is 1. The summed E-state index contributed by atoms with van der Waals surface area (Å²) in [6, 6.07) is 2.10. The van der Waals surface area contributed by atoms with Gasteiger partial charge in [0, 0.05) is 19.6 Å². The highest BCUT2D eigenvalue weighted by Gasteiger charge is 2.27. The second kappa shape index (κ2) is 5.65. The van der Waals surface area contributed by atoms with Crippen LogP contribution in [-0.2, 0) is 11.2 Å². The van der Waals surface area contributed by atoms with Crippen molar-refractivity contribution >= 4 is 17.4 Å². The highest BCUT2D eigenvalue weighted by Crippen LogP contribution is 2.25. The summed E-state index contributed by atoms with van der Waals surface area (Å²) in [6.45, 7) is 2.02. The Morgan fingerprint density at radius 1 is 1.47 bits per heavy atom. The lowest BCUT2D eigenvalue weighted by Crippen LogP contribution is -2.30. The molecule has 4 nitrogen and oxygen atoms in total. The third kappa shape index (κ3) is 3.07. The van der Waals surface area contributed by atoms with Gasteiger partial charge in [-0.05, 0) is 19.3 Å². The van der Waals surface area contributed by atoms with Crippen LogP contribution in [0.25, 0.3) is 0 Å². The lowest BCUT2D eigenvalue weighted by atomic mass is 10.2. The fourth-order valence-corrected chi connectivity index (χ4v) is 2.46. The van der Waals surface area contributed by atoms with Crippen LogP contribution in [0.4, 0.5) is 5.82 Å². The Balaban J connectivity index is 2.09. The quantitative estimate of drug-likeness (QED) is 0.841. The number of halogens is 1. The third-order valence-electron chi connectivity index (χ3n) is 3.15. The molecule has 5 heteroatoms. The number of aryl methyl sites for hydroxylation is 1. The maximum absolute atomic E-state index is 5.96. The second-order valence-corrected chi connectivity index (χ2v) is 4.69. The minimum absolute atomic E-state index is 0.272. The van der Waals surface area contributed by atoms with Gasteiger partial charge in [-0.1, -0.05) is 18.5 Å². The van der Waals surface area contributed by atoms with Crippen LogP contribution in [-0.4, -0.2) is 29.2 Å². The zero-order chi connectivity index (χ0) is 12.3. The van der Waals surface area contributed by atoms with Crippen molar-refractivity contribution in [3.8, 4) is 0 Å². The summed E-state index contributed by atoms with van der Waals surface area (Å²) in [4.78, 5) is 8.57. The molecule has 0 bridgehead atoms. The summed E-state index contributed by atoms with van der Waals surface area (Å²) in [5.41, 5.74) is 0. The molecule has 1 aromatic rings. The second-order valence-electron chi connectivity index (χ2n) is 4.30. The van der Waals surface area contributed by atoms with Crippen LogP contribution < -0.4 is 5.32 Å². The number of nitrogens with zero attached hydrogens (tertiary/aromatic N) is 2. The first-order chi connectivity index (χ1) is 8.22. The van der Waals surface area contributed by atoms with E-state index in [9.17, 15) is 0 Å². The predicted molar refractivity (Wildman–Crippen MR) is 68.5 cm³/mol. The van der Waals surface area contributed by atoms with E-state index in [1.54, 1.807) is 13.2 Å². The van der Waals surface area contributed by atoms with Gasteiger partial charge >= 0.3 is 0 Å². The van der Waals surface area contributed by atoms with Crippen LogP contribution in [0.2, 0.25) is 5.15 Å². The van der Waals surface area contributed by atoms with Gasteiger partial charge in [0.15, 0.2) is 0 Å². The summed E-state index contributed by atoms with van der Waals surface area (Å²) < 4.78 is 5.44. The molecule has 0 saturated heterocycles. The first kappa shape index (κ1) is 12.6. The van der Waals surface area contributed by atoms with Crippen molar-refractivity contribution in [3.63, 3.8) is 0 Å². The molecule has 1 aliphatic carbocycles. The zero-order valence-corrected chi connectivity index (χ0v) is 11.0. The molecular formula is C12H18ClN3O. The fourth-order valence-electron chi connectivity index (χ4n) is 2.26. The van der Waals surface area contributed by atoms with E-state index >= 15 is 0 Å². The van der Waals surface area contributed by atoms with Gasteiger partial charge < -0.3 is 10.1 Å². The van der Waals surface area contributed by atoms with E-state index in [1.165, 1.54) is 6.42 Å². The molecule has 1 aliphatic rings. The molecule has 2 unspecified atom stereocenters. The maximum Gasteiger partial charge on any atom is 0.134 e. The SMILES string of the molecule is CCc1nc(Cl)cc(NC2CCCC2OC)n1. The van der Waals surface area contributed by atoms with Crippen LogP contribution in [0.3, 0.4) is 0 Å². The zero-order valence-electron chi connectivity index (χ0n) is 10.2. The Morgan fingerprint density at radius 3 is 3.00 bits per heavy atom. The van der Waals surface area contributed by atoms with Crippen molar-refractivity contribution in [2.24, 2.45) is 0 Å². The smallest absolute Gasteiger partial charge is 0.134 e. The highest BCUT2D eigenvalue weighted by atomic mass is 35.5. The van der Waals surface area contributed by atoms with Crippen molar-refractivity contribution in [2.75, 3.05) is 12.4 Å². The highest BCUT2D eigenvalue weighted by molar-refractivity contribution is 6.29. The van der Waals surface area contributed by atoms with Gasteiger partial charge in [-0.25, -0.2) is 9.97 Å². The number of methoxy groups -OCH3 is 1. The molecule has 2 rings (SSSR count). The molecule has 0 radical (unpaired) electrons. The normalized spacial score (nSPS) is 23.9. The minimum atomic E-state index is 0.272. The molecule has 1 fully saturated rings. The number of ether oxygens (including phenoxy) is 1. The monoisotopic (exact) mass is 255 g/mol. The maximum atomic E-state index is 5.96. The van der Waals surface area contributed by atoms with Gasteiger partial charge in [-0.2, -0.15) is 0 Å². The number of rotatable bonds is 4. The van der Waals surface area contributed by atoms with Gasteiger partial charge in [0.2, 0.25) is 0 Å². The Kier molecular flexibility index (Phi) is 4.18. The molecule has 0 amide bonds. The van der Waals surface area contributed by atoms with Crippen LogP contribution in [0, 0.1) is 0 Å². The number of hydrogen-bond acceptors (Lipinski definition) is 4. The predicted octanol–water partition coefficient (Wildman–Crippen LogP) is 2.67. The van der Waals surface area contributed by atoms with E-state index in [1.807, 2.05) is 6.92 Å². The summed E-state index contributed by atoms with van der Waals surface area (Å²) in [7, 11) is 1.76. The number of aromatic nitrogens is 2. The first-order valence-corrected chi connectivity index (χ1v) is 6.43. The summed E-state index contributed by atoms with van der Waals surface area (Å²) >= 11 is 5.96. The number of anilines is 1. The van der Waals surface area contributed by atoms with Gasteiger partial charge in [0.25, 0.3) is 0 Å². The van der Waals surface area contributed by atoms with Crippen molar-refractivity contribution in [2.45, 2.75) is 44.8 Å². The van der Waals surface area contributed by atoms with Crippen LogP contribution >= 0.6 is 11.6 Å². The topological polar surface area (TPSA) is 47.0 Å². The largest absolute Gasteiger partial charge is 0.379 e. The molecule has 0 aromatic carbocycles. The van der Waals surface area contributed by atoms with Gasteiger partial charge in [-0.3, -0.25) is 0 Å². The molecule has 1 N–H and O–H groups in total. The summed E-state index contributed by atoms with van der Waals surface area (Å²) in [5, 5.41) is 3.89. The summed E-state index contributed by atoms with van der Waals surface area (Å²) in [6.07, 6.45) is 4.46. The molecule has 1 saturated carbocycles. The fraction of sp³-hybridized carbons (Fsp3) is 0.667. The standard InChI is InChI=1S/C12H18ClN3O/c1-3-11-15-10(13)7-12(16-11)14-8-5-4-6-9(8)17-2/h7-9H,3-6H2,1-2H3,(H,14,15,16). The first-order valence-electron chi connectivity index (χ1n) is 6.05.